The van der Waals surface area contributed by atoms with Crippen molar-refractivity contribution in [1.29, 1.82) is 0 Å². The zero-order valence-electron chi connectivity index (χ0n) is 42.4. The van der Waals surface area contributed by atoms with Crippen molar-refractivity contribution in [1.82, 2.24) is 41.6 Å². The summed E-state index contributed by atoms with van der Waals surface area (Å²) in [5, 5.41) is 10.5. The number of hydrogen-bond donors (Lipinski definition) is 6. The number of rotatable bonds is 28. The van der Waals surface area contributed by atoms with Gasteiger partial charge in [-0.15, -0.1) is 11.3 Å². The van der Waals surface area contributed by atoms with E-state index in [1.807, 2.05) is 39.6 Å². The molecule has 23 heteroatoms. The van der Waals surface area contributed by atoms with E-state index in [-0.39, 0.29) is 85.9 Å². The first-order valence-corrected chi connectivity index (χ1v) is 27.4. The molecule has 2 heterocycles. The summed E-state index contributed by atoms with van der Waals surface area (Å²) in [7, 11) is 6.26. The molecule has 0 saturated carbocycles. The number of amides is 6. The van der Waals surface area contributed by atoms with Crippen molar-refractivity contribution in [3.8, 4) is 0 Å². The molecule has 396 valence electrons. The number of thiazole rings is 1. The van der Waals surface area contributed by atoms with Crippen LogP contribution in [-0.4, -0.2) is 138 Å². The van der Waals surface area contributed by atoms with E-state index in [1.165, 1.54) is 52.9 Å². The predicted octanol–water partition coefficient (Wildman–Crippen LogP) is 4.70. The van der Waals surface area contributed by atoms with Gasteiger partial charge in [0.2, 0.25) is 23.6 Å². The van der Waals surface area contributed by atoms with E-state index >= 15 is 0 Å². The molecular formula is C48H74FN9O10S3. The monoisotopic (exact) mass is 1050 g/mol. The third-order valence-corrected chi connectivity index (χ3v) is 15.5. The highest BCUT2D eigenvalue weighted by Gasteiger charge is 2.37. The van der Waals surface area contributed by atoms with E-state index in [9.17, 15) is 42.7 Å². The third-order valence-electron chi connectivity index (χ3n) is 12.2. The van der Waals surface area contributed by atoms with E-state index < -0.39 is 65.9 Å². The first kappa shape index (κ1) is 60.5. The molecule has 19 nitrogen and oxygen atoms in total. The molecule has 0 spiro atoms. The van der Waals surface area contributed by atoms with Crippen LogP contribution < -0.4 is 32.5 Å². The van der Waals surface area contributed by atoms with Crippen LogP contribution in [0.15, 0.2) is 29.6 Å². The van der Waals surface area contributed by atoms with Crippen LogP contribution in [0, 0.1) is 23.6 Å². The number of nitrogens with zero attached hydrogens (tertiary/aromatic N) is 3. The first-order chi connectivity index (χ1) is 33.6. The summed E-state index contributed by atoms with van der Waals surface area (Å²) in [4.78, 5) is 111. The normalized spacial score (nSPS) is 16.8. The van der Waals surface area contributed by atoms with Crippen molar-refractivity contribution in [2.24, 2.45) is 23.5 Å². The van der Waals surface area contributed by atoms with Gasteiger partial charge in [-0.3, -0.25) is 43.9 Å². The number of likely N-dealkylation sites (N-methyl/N-ethyl adjacent to an activating group) is 2. The molecule has 0 radical (unpaired) electrons. The van der Waals surface area contributed by atoms with E-state index in [0.29, 0.717) is 34.9 Å². The minimum atomic E-state index is -0.931. The number of carbonyl (C=O) groups excluding carboxylic acids is 8. The number of Topliss-reactive ketones (excluding diaryl/α,β-unsaturated/α-hetero) is 1. The summed E-state index contributed by atoms with van der Waals surface area (Å²) in [6.45, 7) is 13.1. The summed E-state index contributed by atoms with van der Waals surface area (Å²) in [6, 6.07) is 2.71. The fourth-order valence-corrected chi connectivity index (χ4v) is 10.6. The quantitative estimate of drug-likeness (QED) is 0.0292. The molecule has 71 heavy (non-hydrogen) atoms. The number of benzene rings is 1. The van der Waals surface area contributed by atoms with Crippen molar-refractivity contribution in [3.63, 3.8) is 0 Å². The summed E-state index contributed by atoms with van der Waals surface area (Å²) >= 11 is 1.11. The highest BCUT2D eigenvalue weighted by atomic mass is 33.1. The lowest BCUT2D eigenvalue weighted by atomic mass is 9.92. The molecule has 1 saturated heterocycles. The van der Waals surface area contributed by atoms with Gasteiger partial charge >= 0.3 is 12.1 Å². The van der Waals surface area contributed by atoms with Gasteiger partial charge in [0.1, 0.15) is 35.0 Å². The first-order valence-electron chi connectivity index (χ1n) is 24.1. The van der Waals surface area contributed by atoms with Crippen LogP contribution in [-0.2, 0) is 44.7 Å². The van der Waals surface area contributed by atoms with Crippen molar-refractivity contribution in [3.05, 3.63) is 51.7 Å². The molecule has 1 aliphatic heterocycles. The van der Waals surface area contributed by atoms with E-state index in [0.717, 1.165) is 30.7 Å². The largest absolute Gasteiger partial charge is 0.455 e. The van der Waals surface area contributed by atoms with Crippen molar-refractivity contribution >= 4 is 80.3 Å². The fourth-order valence-electron chi connectivity index (χ4n) is 7.84. The van der Waals surface area contributed by atoms with Gasteiger partial charge in [-0.2, -0.15) is 0 Å². The van der Waals surface area contributed by atoms with Crippen molar-refractivity contribution in [2.45, 2.75) is 136 Å². The maximum Gasteiger partial charge on any atom is 0.426 e. The number of hydrogen-bond acceptors (Lipinski definition) is 16. The van der Waals surface area contributed by atoms with Crippen LogP contribution in [0.4, 0.5) is 9.18 Å². The van der Waals surface area contributed by atoms with Crippen LogP contribution in [0.25, 0.3) is 0 Å². The molecule has 0 bridgehead atoms. The molecule has 0 aliphatic carbocycles. The molecule has 1 aromatic carbocycles. The van der Waals surface area contributed by atoms with Gasteiger partial charge < -0.3 is 36.1 Å². The van der Waals surface area contributed by atoms with Crippen LogP contribution in [0.3, 0.4) is 0 Å². The Balaban J connectivity index is 1.65. The molecular weight excluding hydrogens is 978 g/mol. The van der Waals surface area contributed by atoms with Gasteiger partial charge in [0, 0.05) is 68.2 Å². The van der Waals surface area contributed by atoms with Crippen LogP contribution in [0.5, 0.6) is 0 Å². The smallest absolute Gasteiger partial charge is 0.426 e. The summed E-state index contributed by atoms with van der Waals surface area (Å²) < 4.78 is 24.8. The second-order valence-corrected chi connectivity index (χ2v) is 21.9. The highest BCUT2D eigenvalue weighted by molar-refractivity contribution is 8.76. The topological polar surface area (TPSA) is 261 Å². The Morgan fingerprint density at radius 1 is 0.972 bits per heavy atom. The molecule has 3 rings (SSSR count). The Hall–Kier alpha value is -4.84. The maximum absolute atomic E-state index is 14.3. The van der Waals surface area contributed by atoms with Crippen molar-refractivity contribution < 1.29 is 52.2 Å². The van der Waals surface area contributed by atoms with Gasteiger partial charge in [-0.05, 0) is 75.7 Å². The fraction of sp³-hybridized carbons (Fsp3) is 0.646. The molecule has 6 amide bonds. The lowest BCUT2D eigenvalue weighted by molar-refractivity contribution is -0.149. The van der Waals surface area contributed by atoms with Gasteiger partial charge in [-0.25, -0.2) is 19.6 Å². The van der Waals surface area contributed by atoms with Gasteiger partial charge in [0.15, 0.2) is 6.10 Å². The zero-order chi connectivity index (χ0) is 52.8. The second-order valence-electron chi connectivity index (χ2n) is 18.4. The number of aromatic nitrogens is 1. The Morgan fingerprint density at radius 3 is 2.31 bits per heavy atom. The molecule has 8 unspecified atom stereocenters. The third kappa shape index (κ3) is 21.0. The molecule has 7 N–H and O–H groups in total. The van der Waals surface area contributed by atoms with Crippen molar-refractivity contribution in [2.75, 3.05) is 45.3 Å². The number of ketones is 1. The number of esters is 1. The lowest BCUT2D eigenvalue weighted by Gasteiger charge is -2.38. The number of piperidine rings is 1. The number of hydrazine groups is 1. The standard InChI is InChI=1S/C48H74FN9O10S3/c1-10-29(4)41(54-45(64)38-13-11-12-20-57(38)8)47(65)58(9)39(28(2)3)25-40(68-32(7)60)46-53-37(27-69-46)44(63)52-35(24-33-14-16-34(49)17-15-33)23-30(5)42(61)55-56-48(66)67-21-22-70-71-26-36(50)43(62)51-19-18-31(6)59/h14-17,27-30,35-36,38-41H,10-13,18-26,50H2,1-9H3,(H,51,62)(H,52,63)(H,54,64)(H,55,61)(H,56,66). The number of nitrogens with one attached hydrogen (secondary N) is 5. The summed E-state index contributed by atoms with van der Waals surface area (Å²) in [6.07, 6.45) is 2.16. The van der Waals surface area contributed by atoms with Gasteiger partial charge in [0.25, 0.3) is 5.91 Å². The minimum absolute atomic E-state index is 0.00589. The molecule has 8 atom stereocenters. The number of likely N-dealkylation sites (tertiary alicyclic amines) is 1. The average molecular weight is 1050 g/mol. The molecule has 2 aromatic rings. The predicted molar refractivity (Wildman–Crippen MR) is 273 cm³/mol. The maximum atomic E-state index is 14.3. The number of carbonyl (C=O) groups is 8. The molecule has 1 fully saturated rings. The highest BCUT2D eigenvalue weighted by Crippen LogP contribution is 2.31. The number of halogens is 1. The molecule has 1 aliphatic rings. The van der Waals surface area contributed by atoms with E-state index in [1.54, 1.807) is 31.0 Å². The minimum Gasteiger partial charge on any atom is -0.455 e. The second kappa shape index (κ2) is 30.9. The summed E-state index contributed by atoms with van der Waals surface area (Å²) in [5.74, 6) is -3.39. The van der Waals surface area contributed by atoms with E-state index in [2.05, 4.69) is 31.8 Å². The van der Waals surface area contributed by atoms with Crippen LogP contribution in [0.1, 0.15) is 121 Å². The Kier molecular flexibility index (Phi) is 26.3. The summed E-state index contributed by atoms with van der Waals surface area (Å²) in [5.41, 5.74) is 11.1. The molecule has 1 aromatic heterocycles. The van der Waals surface area contributed by atoms with Crippen LogP contribution >= 0.6 is 32.9 Å². The Morgan fingerprint density at radius 2 is 1.68 bits per heavy atom. The van der Waals surface area contributed by atoms with Crippen LogP contribution in [0.2, 0.25) is 0 Å². The Labute approximate surface area is 428 Å². The number of nitrogens with two attached hydrogens (primary N) is 1. The van der Waals surface area contributed by atoms with Gasteiger partial charge in [0.05, 0.1) is 12.1 Å². The van der Waals surface area contributed by atoms with E-state index in [4.69, 9.17) is 15.2 Å². The lowest BCUT2D eigenvalue weighted by Crippen LogP contribution is -2.58. The van der Waals surface area contributed by atoms with Gasteiger partial charge in [-0.1, -0.05) is 81.2 Å². The zero-order valence-corrected chi connectivity index (χ0v) is 44.8. The SMILES string of the molecule is CCC(C)C(NC(=O)C1CCCCN1C)C(=O)N(C)C(CC(OC(C)=O)c1nc(C(=O)NC(Cc2ccc(F)cc2)CC(C)C(=O)NNC(=O)OCCSSCC(N)C(=O)NCCC(C)=O)cs1)C(C)C. The average Bonchev–Trinajstić information content (AvgIpc) is 3.83. The Bertz CT molecular complexity index is 2080. The number of ether oxygens (including phenoxy) is 2.